The first-order valence-electron chi connectivity index (χ1n) is 6.14. The third-order valence-electron chi connectivity index (χ3n) is 3.25. The molecule has 0 fully saturated rings. The minimum absolute atomic E-state index is 0.488. The van der Waals surface area contributed by atoms with Crippen molar-refractivity contribution in [2.24, 2.45) is 5.92 Å². The van der Waals surface area contributed by atoms with Crippen LogP contribution in [0.3, 0.4) is 0 Å². The molecule has 0 aliphatic rings. The van der Waals surface area contributed by atoms with Gasteiger partial charge in [0, 0.05) is 6.04 Å². The first-order valence-corrected chi connectivity index (χ1v) is 7.02. The fourth-order valence-electron chi connectivity index (χ4n) is 1.69. The van der Waals surface area contributed by atoms with Crippen LogP contribution >= 0.6 is 11.3 Å². The lowest BCUT2D eigenvalue weighted by Crippen LogP contribution is -2.32. The van der Waals surface area contributed by atoms with Crippen LogP contribution in [0.15, 0.2) is 22.0 Å². The summed E-state index contributed by atoms with van der Waals surface area (Å²) in [4.78, 5) is 7.70. The molecule has 2 aromatic heterocycles. The van der Waals surface area contributed by atoms with Gasteiger partial charge in [-0.05, 0) is 31.3 Å². The lowest BCUT2D eigenvalue weighted by atomic mass is 10.1. The molecule has 98 valence electrons. The van der Waals surface area contributed by atoms with Crippen LogP contribution in [0.5, 0.6) is 0 Å². The zero-order valence-electron chi connectivity index (χ0n) is 11.3. The van der Waals surface area contributed by atoms with Crippen LogP contribution < -0.4 is 0 Å². The van der Waals surface area contributed by atoms with Crippen molar-refractivity contribution in [3.8, 4) is 10.7 Å². The summed E-state index contributed by atoms with van der Waals surface area (Å²) in [7, 11) is 2.08. The van der Waals surface area contributed by atoms with Gasteiger partial charge in [-0.3, -0.25) is 4.90 Å². The van der Waals surface area contributed by atoms with E-state index < -0.39 is 0 Å². The van der Waals surface area contributed by atoms with Crippen molar-refractivity contribution in [2.75, 3.05) is 7.05 Å². The molecular formula is C13H19N3OS. The van der Waals surface area contributed by atoms with E-state index in [1.807, 2.05) is 17.5 Å². The molecule has 0 aliphatic carbocycles. The summed E-state index contributed by atoms with van der Waals surface area (Å²) in [5.74, 6) is 1.97. The molecule has 0 radical (unpaired) electrons. The van der Waals surface area contributed by atoms with Crippen molar-refractivity contribution in [3.05, 3.63) is 23.4 Å². The van der Waals surface area contributed by atoms with Crippen molar-refractivity contribution >= 4 is 11.3 Å². The van der Waals surface area contributed by atoms with E-state index in [4.69, 9.17) is 4.52 Å². The fourth-order valence-corrected chi connectivity index (χ4v) is 2.34. The van der Waals surface area contributed by atoms with E-state index in [1.165, 1.54) is 0 Å². The molecule has 0 unspecified atom stereocenters. The average molecular weight is 265 g/mol. The van der Waals surface area contributed by atoms with Crippen molar-refractivity contribution in [1.29, 1.82) is 0 Å². The number of rotatable bonds is 5. The summed E-state index contributed by atoms with van der Waals surface area (Å²) < 4.78 is 5.29. The zero-order chi connectivity index (χ0) is 13.1. The van der Waals surface area contributed by atoms with Gasteiger partial charge in [-0.25, -0.2) is 0 Å². The van der Waals surface area contributed by atoms with Gasteiger partial charge in [-0.1, -0.05) is 25.1 Å². The van der Waals surface area contributed by atoms with Crippen LogP contribution in [-0.4, -0.2) is 28.1 Å². The second-order valence-corrected chi connectivity index (χ2v) is 5.84. The Kier molecular flexibility index (Phi) is 4.14. The molecule has 0 aliphatic heterocycles. The van der Waals surface area contributed by atoms with E-state index in [1.54, 1.807) is 11.3 Å². The first-order chi connectivity index (χ1) is 8.58. The van der Waals surface area contributed by atoms with Gasteiger partial charge in [0.2, 0.25) is 11.7 Å². The molecule has 2 rings (SSSR count). The molecule has 0 bridgehead atoms. The van der Waals surface area contributed by atoms with Crippen molar-refractivity contribution in [3.63, 3.8) is 0 Å². The van der Waals surface area contributed by atoms with Gasteiger partial charge in [-0.2, -0.15) is 4.98 Å². The maximum Gasteiger partial charge on any atom is 0.241 e. The lowest BCUT2D eigenvalue weighted by Gasteiger charge is -2.26. The van der Waals surface area contributed by atoms with E-state index in [-0.39, 0.29) is 0 Å². The summed E-state index contributed by atoms with van der Waals surface area (Å²) in [5, 5.41) is 6.03. The minimum Gasteiger partial charge on any atom is -0.338 e. The van der Waals surface area contributed by atoms with Crippen LogP contribution in [0.4, 0.5) is 0 Å². The van der Waals surface area contributed by atoms with Gasteiger partial charge in [0.25, 0.3) is 0 Å². The third-order valence-corrected chi connectivity index (χ3v) is 4.12. The average Bonchev–Trinajstić information content (AvgIpc) is 2.96. The summed E-state index contributed by atoms with van der Waals surface area (Å²) >= 11 is 1.62. The molecule has 0 amide bonds. The molecule has 0 N–H and O–H groups in total. The molecule has 0 saturated carbocycles. The second kappa shape index (κ2) is 5.63. The van der Waals surface area contributed by atoms with Gasteiger partial charge >= 0.3 is 0 Å². The van der Waals surface area contributed by atoms with Crippen LogP contribution in [-0.2, 0) is 6.54 Å². The van der Waals surface area contributed by atoms with Gasteiger partial charge < -0.3 is 4.52 Å². The summed E-state index contributed by atoms with van der Waals surface area (Å²) in [6, 6.07) is 4.48. The smallest absolute Gasteiger partial charge is 0.241 e. The van der Waals surface area contributed by atoms with Gasteiger partial charge in [0.15, 0.2) is 0 Å². The van der Waals surface area contributed by atoms with Gasteiger partial charge in [-0.15, -0.1) is 11.3 Å². The van der Waals surface area contributed by atoms with Crippen LogP contribution in [0.2, 0.25) is 0 Å². The van der Waals surface area contributed by atoms with E-state index in [9.17, 15) is 0 Å². The van der Waals surface area contributed by atoms with Crippen molar-refractivity contribution < 1.29 is 4.52 Å². The Balaban J connectivity index is 2.03. The largest absolute Gasteiger partial charge is 0.338 e. The van der Waals surface area contributed by atoms with Gasteiger partial charge in [0.1, 0.15) is 0 Å². The van der Waals surface area contributed by atoms with Crippen LogP contribution in [0.25, 0.3) is 10.7 Å². The number of thiophene rings is 1. The van der Waals surface area contributed by atoms with E-state index in [0.29, 0.717) is 30.2 Å². The topological polar surface area (TPSA) is 42.2 Å². The molecule has 0 saturated heterocycles. The lowest BCUT2D eigenvalue weighted by molar-refractivity contribution is 0.177. The number of nitrogens with zero attached hydrogens (tertiary/aromatic N) is 3. The fraction of sp³-hybridized carbons (Fsp3) is 0.538. The molecule has 0 spiro atoms. The number of hydrogen-bond donors (Lipinski definition) is 0. The number of hydrogen-bond acceptors (Lipinski definition) is 5. The van der Waals surface area contributed by atoms with E-state index in [0.717, 1.165) is 4.88 Å². The SMILES string of the molecule is CC(C)[C@@H](C)N(C)Cc1nc(-c2cccs2)no1. The first kappa shape index (κ1) is 13.2. The van der Waals surface area contributed by atoms with Crippen LogP contribution in [0, 0.1) is 5.92 Å². The number of aromatic nitrogens is 2. The molecule has 5 heteroatoms. The zero-order valence-corrected chi connectivity index (χ0v) is 12.1. The predicted octanol–water partition coefficient (Wildman–Crippen LogP) is 3.27. The van der Waals surface area contributed by atoms with E-state index >= 15 is 0 Å². The Hall–Kier alpha value is -1.20. The quantitative estimate of drug-likeness (QED) is 0.832. The maximum atomic E-state index is 5.29. The Bertz CT molecular complexity index is 478. The molecule has 2 heterocycles. The minimum atomic E-state index is 0.488. The summed E-state index contributed by atoms with van der Waals surface area (Å²) in [6.45, 7) is 7.33. The highest BCUT2D eigenvalue weighted by atomic mass is 32.1. The maximum absolute atomic E-state index is 5.29. The molecular weight excluding hydrogens is 246 g/mol. The molecule has 2 aromatic rings. The molecule has 0 aromatic carbocycles. The summed E-state index contributed by atoms with van der Waals surface area (Å²) in [5.41, 5.74) is 0. The van der Waals surface area contributed by atoms with E-state index in [2.05, 4.69) is 42.9 Å². The highest BCUT2D eigenvalue weighted by Gasteiger charge is 2.17. The molecule has 18 heavy (non-hydrogen) atoms. The molecule has 1 atom stereocenters. The third kappa shape index (κ3) is 2.97. The highest BCUT2D eigenvalue weighted by molar-refractivity contribution is 7.13. The van der Waals surface area contributed by atoms with Crippen molar-refractivity contribution in [2.45, 2.75) is 33.4 Å². The van der Waals surface area contributed by atoms with Gasteiger partial charge in [0.05, 0.1) is 11.4 Å². The van der Waals surface area contributed by atoms with Crippen molar-refractivity contribution in [1.82, 2.24) is 15.0 Å². The monoisotopic (exact) mass is 265 g/mol. The van der Waals surface area contributed by atoms with Crippen LogP contribution in [0.1, 0.15) is 26.7 Å². The highest BCUT2D eigenvalue weighted by Crippen LogP contribution is 2.21. The Morgan fingerprint density at radius 2 is 2.17 bits per heavy atom. The summed E-state index contributed by atoms with van der Waals surface area (Å²) in [6.07, 6.45) is 0. The second-order valence-electron chi connectivity index (χ2n) is 4.89. The predicted molar refractivity (Wildman–Crippen MR) is 73.4 cm³/mol. The Morgan fingerprint density at radius 1 is 1.39 bits per heavy atom. The standard InChI is InChI=1S/C13H19N3OS/c1-9(2)10(3)16(4)8-12-14-13(15-17-12)11-6-5-7-18-11/h5-7,9-10H,8H2,1-4H3/t10-/m1/s1. The Labute approximate surface area is 112 Å². The molecule has 4 nitrogen and oxygen atoms in total. The Morgan fingerprint density at radius 3 is 2.78 bits per heavy atom. The normalized spacial score (nSPS) is 13.4.